The summed E-state index contributed by atoms with van der Waals surface area (Å²) in [6.07, 6.45) is 3.81. The first kappa shape index (κ1) is 19.9. The number of anilines is 2. The number of nitrogens with zero attached hydrogens (tertiary/aromatic N) is 4. The number of hydrogen-bond acceptors (Lipinski definition) is 7. The Morgan fingerprint density at radius 1 is 1.14 bits per heavy atom. The summed E-state index contributed by atoms with van der Waals surface area (Å²) in [6, 6.07) is 10.5. The average molecular weight is 412 g/mol. The van der Waals surface area contributed by atoms with Gasteiger partial charge in [-0.05, 0) is 37.6 Å². The van der Waals surface area contributed by atoms with E-state index in [4.69, 9.17) is 4.74 Å². The predicted molar refractivity (Wildman–Crippen MR) is 122 cm³/mol. The molecule has 7 heteroatoms. The summed E-state index contributed by atoms with van der Waals surface area (Å²) in [6.45, 7) is 8.45. The highest BCUT2D eigenvalue weighted by Gasteiger charge is 2.19. The molecule has 0 atom stereocenters. The monoisotopic (exact) mass is 411 g/mol. The number of aromatic nitrogens is 2. The number of rotatable bonds is 8. The Morgan fingerprint density at radius 3 is 2.76 bits per heavy atom. The van der Waals surface area contributed by atoms with Gasteiger partial charge in [0, 0.05) is 37.6 Å². The Bertz CT molecular complexity index is 936. The quantitative estimate of drug-likeness (QED) is 0.568. The van der Waals surface area contributed by atoms with Gasteiger partial charge in [0.05, 0.1) is 18.2 Å². The van der Waals surface area contributed by atoms with Crippen LogP contribution in [0.2, 0.25) is 0 Å². The van der Waals surface area contributed by atoms with Crippen LogP contribution in [0.5, 0.6) is 5.75 Å². The molecule has 29 heavy (non-hydrogen) atoms. The molecule has 0 aliphatic carbocycles. The van der Waals surface area contributed by atoms with Crippen molar-refractivity contribution in [1.82, 2.24) is 14.9 Å². The van der Waals surface area contributed by atoms with Crippen molar-refractivity contribution in [2.45, 2.75) is 19.8 Å². The van der Waals surface area contributed by atoms with E-state index >= 15 is 0 Å². The molecule has 1 fully saturated rings. The molecule has 6 nitrogen and oxygen atoms in total. The molecule has 0 unspecified atom stereocenters. The normalized spacial score (nSPS) is 15.0. The molecule has 0 amide bonds. The van der Waals surface area contributed by atoms with Crippen molar-refractivity contribution < 1.29 is 4.74 Å². The summed E-state index contributed by atoms with van der Waals surface area (Å²) < 4.78 is 5.51. The third-order valence-corrected chi connectivity index (χ3v) is 6.66. The van der Waals surface area contributed by atoms with Gasteiger partial charge >= 0.3 is 0 Å². The van der Waals surface area contributed by atoms with Crippen LogP contribution in [0.4, 0.5) is 11.5 Å². The Balaban J connectivity index is 1.24. The first-order valence-corrected chi connectivity index (χ1v) is 11.2. The van der Waals surface area contributed by atoms with Gasteiger partial charge in [-0.2, -0.15) is 0 Å². The van der Waals surface area contributed by atoms with E-state index in [0.717, 1.165) is 73.9 Å². The molecule has 1 saturated heterocycles. The molecular weight excluding hydrogens is 382 g/mol. The number of methoxy groups -OCH3 is 1. The maximum absolute atomic E-state index is 5.51. The van der Waals surface area contributed by atoms with Gasteiger partial charge < -0.3 is 15.0 Å². The second-order valence-electron chi connectivity index (χ2n) is 7.29. The van der Waals surface area contributed by atoms with Gasteiger partial charge in [0.15, 0.2) is 0 Å². The van der Waals surface area contributed by atoms with Crippen molar-refractivity contribution in [3.8, 4) is 5.75 Å². The molecule has 1 aliphatic heterocycles. The van der Waals surface area contributed by atoms with Crippen LogP contribution in [-0.4, -0.2) is 61.2 Å². The van der Waals surface area contributed by atoms with Crippen molar-refractivity contribution in [3.63, 3.8) is 0 Å². The molecule has 0 saturated carbocycles. The van der Waals surface area contributed by atoms with Gasteiger partial charge in [-0.3, -0.25) is 4.90 Å². The molecule has 154 valence electrons. The first-order chi connectivity index (χ1) is 14.3. The van der Waals surface area contributed by atoms with Crippen molar-refractivity contribution in [3.05, 3.63) is 41.5 Å². The van der Waals surface area contributed by atoms with E-state index in [1.807, 2.05) is 12.1 Å². The van der Waals surface area contributed by atoms with Gasteiger partial charge in [0.25, 0.3) is 0 Å². The van der Waals surface area contributed by atoms with Crippen LogP contribution in [0.1, 0.15) is 18.2 Å². The van der Waals surface area contributed by atoms with Crippen LogP contribution < -0.4 is 15.0 Å². The van der Waals surface area contributed by atoms with Crippen LogP contribution >= 0.6 is 11.3 Å². The highest BCUT2D eigenvalue weighted by atomic mass is 32.1. The highest BCUT2D eigenvalue weighted by Crippen LogP contribution is 2.29. The minimum atomic E-state index is 0.927. The highest BCUT2D eigenvalue weighted by molar-refractivity contribution is 7.18. The Hall–Kier alpha value is -2.38. The van der Waals surface area contributed by atoms with Gasteiger partial charge in [-0.25, -0.2) is 9.97 Å². The molecule has 1 aromatic carbocycles. The SMILES string of the molecule is CCc1cc2c(NCCCN3CCN(c4ccccc4OC)CC3)ncnc2s1. The maximum Gasteiger partial charge on any atom is 0.142 e. The number of aryl methyl sites for hydroxylation is 1. The molecule has 0 spiro atoms. The van der Waals surface area contributed by atoms with E-state index in [1.165, 1.54) is 10.6 Å². The van der Waals surface area contributed by atoms with E-state index in [-0.39, 0.29) is 0 Å². The van der Waals surface area contributed by atoms with Crippen LogP contribution in [0.15, 0.2) is 36.7 Å². The number of piperazine rings is 1. The lowest BCUT2D eigenvalue weighted by Crippen LogP contribution is -2.46. The molecule has 0 bridgehead atoms. The molecule has 2 aromatic heterocycles. The average Bonchev–Trinajstić information content (AvgIpc) is 3.21. The largest absolute Gasteiger partial charge is 0.495 e. The Morgan fingerprint density at radius 2 is 1.97 bits per heavy atom. The molecule has 3 heterocycles. The van der Waals surface area contributed by atoms with E-state index in [9.17, 15) is 0 Å². The number of benzene rings is 1. The molecule has 0 radical (unpaired) electrons. The fraction of sp³-hybridized carbons (Fsp3) is 0.455. The number of hydrogen-bond donors (Lipinski definition) is 1. The van der Waals surface area contributed by atoms with Crippen molar-refractivity contribution in [1.29, 1.82) is 0 Å². The number of fused-ring (bicyclic) bond motifs is 1. The Labute approximate surface area is 176 Å². The smallest absolute Gasteiger partial charge is 0.142 e. The molecule has 3 aromatic rings. The number of thiophene rings is 1. The van der Waals surface area contributed by atoms with Crippen LogP contribution in [0.3, 0.4) is 0 Å². The van der Waals surface area contributed by atoms with Crippen LogP contribution in [0.25, 0.3) is 10.2 Å². The summed E-state index contributed by atoms with van der Waals surface area (Å²) in [4.78, 5) is 16.3. The number of ether oxygens (including phenoxy) is 1. The van der Waals surface area contributed by atoms with Gasteiger partial charge in [-0.1, -0.05) is 19.1 Å². The lowest BCUT2D eigenvalue weighted by atomic mass is 10.2. The molecule has 1 N–H and O–H groups in total. The summed E-state index contributed by atoms with van der Waals surface area (Å²) in [7, 11) is 1.74. The number of nitrogens with one attached hydrogen (secondary N) is 1. The topological polar surface area (TPSA) is 53.5 Å². The van der Waals surface area contributed by atoms with Gasteiger partial charge in [0.1, 0.15) is 22.7 Å². The fourth-order valence-corrected chi connectivity index (χ4v) is 4.77. The lowest BCUT2D eigenvalue weighted by molar-refractivity contribution is 0.256. The van der Waals surface area contributed by atoms with E-state index in [1.54, 1.807) is 24.8 Å². The molecule has 4 rings (SSSR count). The van der Waals surface area contributed by atoms with E-state index in [2.05, 4.69) is 50.2 Å². The van der Waals surface area contributed by atoms with Crippen molar-refractivity contribution in [2.24, 2.45) is 0 Å². The third-order valence-electron chi connectivity index (χ3n) is 5.47. The summed E-state index contributed by atoms with van der Waals surface area (Å²) in [5, 5.41) is 4.67. The van der Waals surface area contributed by atoms with Gasteiger partial charge in [0.2, 0.25) is 0 Å². The summed E-state index contributed by atoms with van der Waals surface area (Å²) >= 11 is 1.76. The van der Waals surface area contributed by atoms with Gasteiger partial charge in [-0.15, -0.1) is 11.3 Å². The van der Waals surface area contributed by atoms with Crippen molar-refractivity contribution in [2.75, 3.05) is 56.6 Å². The first-order valence-electron chi connectivity index (χ1n) is 10.4. The summed E-state index contributed by atoms with van der Waals surface area (Å²) in [5.41, 5.74) is 1.20. The lowest BCUT2D eigenvalue weighted by Gasteiger charge is -2.36. The van der Waals surface area contributed by atoms with Crippen LogP contribution in [-0.2, 0) is 6.42 Å². The second-order valence-corrected chi connectivity index (χ2v) is 8.40. The zero-order valence-corrected chi connectivity index (χ0v) is 18.0. The molecule has 1 aliphatic rings. The standard InChI is InChI=1S/C22H29N5OS/c1-3-17-15-18-21(24-16-25-22(18)29-17)23-9-6-10-26-11-13-27(14-12-26)19-7-4-5-8-20(19)28-2/h4-5,7-8,15-16H,3,6,9-14H2,1-2H3,(H,23,24,25). The molecular formula is C22H29N5OS. The Kier molecular flexibility index (Phi) is 6.46. The maximum atomic E-state index is 5.51. The number of para-hydroxylation sites is 2. The second kappa shape index (κ2) is 9.41. The fourth-order valence-electron chi connectivity index (χ4n) is 3.83. The predicted octanol–water partition coefficient (Wildman–Crippen LogP) is 3.89. The van der Waals surface area contributed by atoms with Crippen LogP contribution in [0, 0.1) is 0 Å². The minimum absolute atomic E-state index is 0.927. The van der Waals surface area contributed by atoms with E-state index in [0.29, 0.717) is 0 Å². The minimum Gasteiger partial charge on any atom is -0.495 e. The van der Waals surface area contributed by atoms with E-state index < -0.39 is 0 Å². The summed E-state index contributed by atoms with van der Waals surface area (Å²) in [5.74, 6) is 1.92. The zero-order valence-electron chi connectivity index (χ0n) is 17.2. The zero-order chi connectivity index (χ0) is 20.1. The third kappa shape index (κ3) is 4.62. The van der Waals surface area contributed by atoms with Crippen molar-refractivity contribution >= 4 is 33.1 Å².